The molecule has 4 aromatic rings. The first-order chi connectivity index (χ1) is 21.1. The zero-order valence-electron chi connectivity index (χ0n) is 24.2. The van der Waals surface area contributed by atoms with Crippen molar-refractivity contribution in [3.8, 4) is 16.9 Å². The number of hydrogen-bond donors (Lipinski definition) is 0. The van der Waals surface area contributed by atoms with E-state index in [9.17, 15) is 22.8 Å². The molecule has 44 heavy (non-hydrogen) atoms. The molecule has 1 heterocycles. The van der Waals surface area contributed by atoms with Gasteiger partial charge in [-0.2, -0.15) is 13.2 Å². The molecule has 1 aliphatic heterocycles. The number of benzene rings is 4. The van der Waals surface area contributed by atoms with E-state index in [0.29, 0.717) is 28.9 Å². The largest absolute Gasteiger partial charge is 0.489 e. The van der Waals surface area contributed by atoms with Gasteiger partial charge in [-0.05, 0) is 71.8 Å². The molecule has 1 saturated heterocycles. The Morgan fingerprint density at radius 2 is 1.57 bits per heavy atom. The fourth-order valence-corrected chi connectivity index (χ4v) is 5.30. The number of halogens is 3. The van der Waals surface area contributed by atoms with E-state index in [1.165, 1.54) is 17.0 Å². The molecule has 0 aromatic heterocycles. The minimum atomic E-state index is -4.47. The predicted molar refractivity (Wildman–Crippen MR) is 162 cm³/mol. The molecule has 1 aliphatic rings. The van der Waals surface area contributed by atoms with Crippen LogP contribution >= 0.6 is 0 Å². The second-order valence-corrected chi connectivity index (χ2v) is 11.0. The highest BCUT2D eigenvalue weighted by atomic mass is 19.4. The number of ether oxygens (including phenoxy) is 2. The van der Waals surface area contributed by atoms with Gasteiger partial charge in [-0.3, -0.25) is 4.79 Å². The van der Waals surface area contributed by atoms with Crippen molar-refractivity contribution in [1.82, 2.24) is 4.90 Å². The highest BCUT2D eigenvalue weighted by molar-refractivity contribution is 5.97. The lowest BCUT2D eigenvalue weighted by molar-refractivity contribution is -0.137. The summed E-state index contributed by atoms with van der Waals surface area (Å²) in [6.07, 6.45) is -4.49. The number of carbonyl (C=O) groups is 2. The minimum Gasteiger partial charge on any atom is -0.489 e. The minimum absolute atomic E-state index is 0.0797. The number of nitrogens with zero attached hydrogens (tertiary/aromatic N) is 1. The smallest absolute Gasteiger partial charge is 0.417 e. The van der Waals surface area contributed by atoms with Gasteiger partial charge in [-0.1, -0.05) is 84.4 Å². The van der Waals surface area contributed by atoms with Gasteiger partial charge in [0, 0.05) is 0 Å². The first kappa shape index (κ1) is 30.6. The van der Waals surface area contributed by atoms with Crippen LogP contribution in [0.5, 0.6) is 5.75 Å². The maximum Gasteiger partial charge on any atom is 0.417 e. The van der Waals surface area contributed by atoms with Crippen molar-refractivity contribution in [3.63, 3.8) is 0 Å². The molecule has 0 N–H and O–H groups in total. The van der Waals surface area contributed by atoms with E-state index >= 15 is 0 Å². The van der Waals surface area contributed by atoms with E-state index in [1.54, 1.807) is 25.1 Å². The summed E-state index contributed by atoms with van der Waals surface area (Å²) >= 11 is 0. The van der Waals surface area contributed by atoms with Crippen LogP contribution in [0.4, 0.5) is 18.0 Å². The van der Waals surface area contributed by atoms with Gasteiger partial charge in [0.25, 0.3) is 0 Å². The third-order valence-corrected chi connectivity index (χ3v) is 7.49. The Morgan fingerprint density at radius 1 is 0.932 bits per heavy atom. The molecular weight excluding hydrogens is 567 g/mol. The van der Waals surface area contributed by atoms with Crippen molar-refractivity contribution in [2.45, 2.75) is 44.5 Å². The summed E-state index contributed by atoms with van der Waals surface area (Å²) in [5, 5.41) is 0. The second kappa shape index (κ2) is 13.2. The first-order valence-corrected chi connectivity index (χ1v) is 14.3. The van der Waals surface area contributed by atoms with E-state index in [2.05, 4.69) is 6.58 Å². The van der Waals surface area contributed by atoms with Crippen LogP contribution in [0.15, 0.2) is 115 Å². The first-order valence-electron chi connectivity index (χ1n) is 14.3. The Kier molecular flexibility index (Phi) is 9.18. The van der Waals surface area contributed by atoms with Crippen LogP contribution in [0.1, 0.15) is 41.5 Å². The van der Waals surface area contributed by atoms with Gasteiger partial charge in [0.15, 0.2) is 0 Å². The Labute approximate surface area is 254 Å². The van der Waals surface area contributed by atoms with Gasteiger partial charge in [-0.15, -0.1) is 6.58 Å². The zero-order chi connectivity index (χ0) is 31.3. The van der Waals surface area contributed by atoms with Crippen LogP contribution in [-0.2, 0) is 28.7 Å². The van der Waals surface area contributed by atoms with E-state index in [4.69, 9.17) is 9.47 Å². The van der Waals surface area contributed by atoms with Gasteiger partial charge < -0.3 is 9.47 Å². The van der Waals surface area contributed by atoms with Crippen LogP contribution in [0.25, 0.3) is 11.1 Å². The highest BCUT2D eigenvalue weighted by Crippen LogP contribution is 2.36. The molecule has 0 radical (unpaired) electrons. The molecule has 1 unspecified atom stereocenters. The summed E-state index contributed by atoms with van der Waals surface area (Å²) in [4.78, 5) is 28.3. The van der Waals surface area contributed by atoms with E-state index in [-0.39, 0.29) is 19.6 Å². The van der Waals surface area contributed by atoms with E-state index in [1.807, 2.05) is 60.7 Å². The summed E-state index contributed by atoms with van der Waals surface area (Å²) in [5.74, 6) is -0.814. The molecule has 0 spiro atoms. The number of hydrogen-bond acceptors (Lipinski definition) is 4. The highest BCUT2D eigenvalue weighted by Gasteiger charge is 2.41. The molecule has 226 valence electrons. The van der Waals surface area contributed by atoms with Crippen molar-refractivity contribution < 1.29 is 32.2 Å². The van der Waals surface area contributed by atoms with Crippen LogP contribution in [0, 0.1) is 0 Å². The SMILES string of the molecule is C=C(C)CC(C(=O)N1C(=O)OC[C@H]1Cc1ccccc1)c1cc(OCc2ccccc2)cc(-c2ccc(C(F)(F)F)cc2)c1. The number of rotatable bonds is 10. The maximum absolute atomic E-state index is 14.2. The molecule has 1 fully saturated rings. The van der Waals surface area contributed by atoms with Gasteiger partial charge in [-0.25, -0.2) is 9.69 Å². The van der Waals surface area contributed by atoms with Crippen molar-refractivity contribution in [3.05, 3.63) is 138 Å². The van der Waals surface area contributed by atoms with Gasteiger partial charge >= 0.3 is 12.3 Å². The lowest BCUT2D eigenvalue weighted by atomic mass is 9.88. The monoisotopic (exact) mass is 599 g/mol. The van der Waals surface area contributed by atoms with Gasteiger partial charge in [0.05, 0.1) is 17.5 Å². The number of carbonyl (C=O) groups excluding carboxylic acids is 2. The summed E-state index contributed by atoms with van der Waals surface area (Å²) in [6.45, 7) is 6.15. The molecule has 0 bridgehead atoms. The zero-order valence-corrected chi connectivity index (χ0v) is 24.2. The van der Waals surface area contributed by atoms with Gasteiger partial charge in [0.1, 0.15) is 19.0 Å². The Morgan fingerprint density at radius 3 is 2.18 bits per heavy atom. The predicted octanol–water partition coefficient (Wildman–Crippen LogP) is 8.59. The van der Waals surface area contributed by atoms with Crippen LogP contribution < -0.4 is 4.74 Å². The fraction of sp³-hybridized carbons (Fsp3) is 0.222. The summed E-state index contributed by atoms with van der Waals surface area (Å²) in [5.41, 5.74) is 3.50. The van der Waals surface area contributed by atoms with Crippen LogP contribution in [-0.4, -0.2) is 29.5 Å². The van der Waals surface area contributed by atoms with E-state index in [0.717, 1.165) is 28.8 Å². The standard InChI is InChI=1S/C36H32F3NO4/c1-24(2)17-33(34(41)40-31(23-44-35(40)42)18-25-9-5-3-6-10-25)29-19-28(27-13-15-30(16-14-27)36(37,38)39)20-32(21-29)43-22-26-11-7-4-8-12-26/h3-16,19-21,31,33H,1,17-18,22-23H2,2H3/t31-,33?/m1/s1. The summed E-state index contributed by atoms with van der Waals surface area (Å²) in [7, 11) is 0. The Hall–Kier alpha value is -4.85. The number of amides is 2. The summed E-state index contributed by atoms with van der Waals surface area (Å²) < 4.78 is 51.3. The van der Waals surface area contributed by atoms with Crippen LogP contribution in [0.2, 0.25) is 0 Å². The molecule has 4 aromatic carbocycles. The molecule has 0 saturated carbocycles. The molecule has 5 rings (SSSR count). The molecule has 2 atom stereocenters. The number of imide groups is 1. The lowest BCUT2D eigenvalue weighted by Gasteiger charge is -2.26. The van der Waals surface area contributed by atoms with Crippen molar-refractivity contribution >= 4 is 12.0 Å². The van der Waals surface area contributed by atoms with Crippen molar-refractivity contribution in [2.75, 3.05) is 6.61 Å². The second-order valence-electron chi connectivity index (χ2n) is 11.0. The van der Waals surface area contributed by atoms with E-state index < -0.39 is 35.7 Å². The topological polar surface area (TPSA) is 55.8 Å². The lowest BCUT2D eigenvalue weighted by Crippen LogP contribution is -2.43. The molecule has 2 amide bonds. The number of cyclic esters (lactones) is 1. The Balaban J connectivity index is 1.52. The number of allylic oxidation sites excluding steroid dienone is 1. The fourth-order valence-electron chi connectivity index (χ4n) is 5.30. The normalized spacial score (nSPS) is 15.5. The molecule has 5 nitrogen and oxygen atoms in total. The third-order valence-electron chi connectivity index (χ3n) is 7.49. The number of alkyl halides is 3. The maximum atomic E-state index is 14.2. The average molecular weight is 600 g/mol. The molecule has 0 aliphatic carbocycles. The van der Waals surface area contributed by atoms with Gasteiger partial charge in [0.2, 0.25) is 5.91 Å². The average Bonchev–Trinajstić information content (AvgIpc) is 3.38. The third kappa shape index (κ3) is 7.37. The van der Waals surface area contributed by atoms with Crippen molar-refractivity contribution in [2.24, 2.45) is 0 Å². The quantitative estimate of drug-likeness (QED) is 0.171. The summed E-state index contributed by atoms with van der Waals surface area (Å²) in [6, 6.07) is 28.7. The molecule has 8 heteroatoms. The molecular formula is C36H32F3NO4. The Bertz CT molecular complexity index is 1620. The van der Waals surface area contributed by atoms with Crippen LogP contribution in [0.3, 0.4) is 0 Å². The van der Waals surface area contributed by atoms with Crippen molar-refractivity contribution in [1.29, 1.82) is 0 Å².